The van der Waals surface area contributed by atoms with Crippen LogP contribution in [-0.2, 0) is 9.53 Å². The van der Waals surface area contributed by atoms with E-state index < -0.39 is 0 Å². The Morgan fingerprint density at radius 1 is 0.885 bits per heavy atom. The van der Waals surface area contributed by atoms with Gasteiger partial charge in [-0.05, 0) is 54.9 Å². The number of amides is 1. The summed E-state index contributed by atoms with van der Waals surface area (Å²) >= 11 is 0. The summed E-state index contributed by atoms with van der Waals surface area (Å²) in [6.45, 7) is 23.7. The van der Waals surface area contributed by atoms with E-state index in [1.165, 1.54) is 0 Å². The van der Waals surface area contributed by atoms with E-state index in [2.05, 4.69) is 74.6 Å². The minimum Gasteiger partial charge on any atom is -0.378 e. The minimum absolute atomic E-state index is 0.0279. The van der Waals surface area contributed by atoms with Crippen molar-refractivity contribution in [2.24, 2.45) is 27.4 Å². The highest BCUT2D eigenvalue weighted by Crippen LogP contribution is 2.36. The summed E-state index contributed by atoms with van der Waals surface area (Å²) in [6, 6.07) is 0. The smallest absolute Gasteiger partial charge is 0.220 e. The molecule has 0 saturated heterocycles. The van der Waals surface area contributed by atoms with Gasteiger partial charge in [0.15, 0.2) is 0 Å². The summed E-state index contributed by atoms with van der Waals surface area (Å²) in [6.07, 6.45) is 2.72. The van der Waals surface area contributed by atoms with Gasteiger partial charge in [0.05, 0.1) is 12.7 Å². The van der Waals surface area contributed by atoms with E-state index >= 15 is 0 Å². The van der Waals surface area contributed by atoms with Crippen LogP contribution in [0.4, 0.5) is 0 Å². The molecule has 0 fully saturated rings. The van der Waals surface area contributed by atoms with Crippen molar-refractivity contribution in [2.75, 3.05) is 19.7 Å². The monoisotopic (exact) mass is 370 g/mol. The first-order chi connectivity index (χ1) is 11.5. The molecule has 0 spiro atoms. The molecule has 4 nitrogen and oxygen atoms in total. The second-order valence-corrected chi connectivity index (χ2v) is 11.5. The van der Waals surface area contributed by atoms with E-state index in [1.807, 2.05) is 0 Å². The van der Waals surface area contributed by atoms with Crippen LogP contribution in [0, 0.1) is 21.7 Å². The molecule has 26 heavy (non-hydrogen) atoms. The second-order valence-electron chi connectivity index (χ2n) is 11.5. The number of rotatable bonds is 12. The van der Waals surface area contributed by atoms with Gasteiger partial charge in [-0.2, -0.15) is 0 Å². The van der Waals surface area contributed by atoms with Crippen molar-refractivity contribution in [3.05, 3.63) is 0 Å². The lowest BCUT2D eigenvalue weighted by atomic mass is 9.73. The van der Waals surface area contributed by atoms with Crippen molar-refractivity contribution in [2.45, 2.75) is 94.6 Å². The third kappa shape index (κ3) is 11.9. The third-order valence-corrected chi connectivity index (χ3v) is 4.68. The van der Waals surface area contributed by atoms with Crippen LogP contribution in [-0.4, -0.2) is 31.7 Å². The maximum absolute atomic E-state index is 12.5. The van der Waals surface area contributed by atoms with Crippen LogP contribution < -0.4 is 11.1 Å². The fourth-order valence-corrected chi connectivity index (χ4v) is 4.07. The van der Waals surface area contributed by atoms with Gasteiger partial charge < -0.3 is 15.8 Å². The largest absolute Gasteiger partial charge is 0.378 e. The normalized spacial score (nSPS) is 14.0. The Labute approximate surface area is 163 Å². The Bertz CT molecular complexity index is 437. The maximum Gasteiger partial charge on any atom is 0.220 e. The highest BCUT2D eigenvalue weighted by Gasteiger charge is 2.32. The van der Waals surface area contributed by atoms with Gasteiger partial charge in [0.1, 0.15) is 0 Å². The summed E-state index contributed by atoms with van der Waals surface area (Å²) in [7, 11) is 0. The highest BCUT2D eigenvalue weighted by atomic mass is 16.5. The first-order valence-corrected chi connectivity index (χ1v) is 10.1. The zero-order valence-corrected chi connectivity index (χ0v) is 19.2. The third-order valence-electron chi connectivity index (χ3n) is 4.68. The molecular formula is C22H46N2O2. The molecule has 1 amide bonds. The fourth-order valence-electron chi connectivity index (χ4n) is 4.07. The molecule has 0 rings (SSSR count). The predicted molar refractivity (Wildman–Crippen MR) is 112 cm³/mol. The van der Waals surface area contributed by atoms with Gasteiger partial charge in [0, 0.05) is 13.0 Å². The van der Waals surface area contributed by atoms with Gasteiger partial charge in [0.25, 0.3) is 0 Å². The van der Waals surface area contributed by atoms with Crippen LogP contribution in [0.2, 0.25) is 0 Å². The van der Waals surface area contributed by atoms with Crippen molar-refractivity contribution >= 4 is 5.91 Å². The molecule has 3 N–H and O–H groups in total. The quantitative estimate of drug-likeness (QED) is 0.520. The van der Waals surface area contributed by atoms with Gasteiger partial charge in [-0.15, -0.1) is 0 Å². The zero-order valence-electron chi connectivity index (χ0n) is 19.2. The Morgan fingerprint density at radius 2 is 1.38 bits per heavy atom. The maximum atomic E-state index is 12.5. The van der Waals surface area contributed by atoms with Crippen molar-refractivity contribution in [1.82, 2.24) is 5.32 Å². The Morgan fingerprint density at radius 3 is 1.85 bits per heavy atom. The predicted octanol–water partition coefficient (Wildman–Crippen LogP) is 4.76. The zero-order chi connectivity index (χ0) is 20.8. The van der Waals surface area contributed by atoms with Crippen molar-refractivity contribution in [1.29, 1.82) is 0 Å². The number of hydrogen-bond acceptors (Lipinski definition) is 3. The average Bonchev–Trinajstić information content (AvgIpc) is 2.40. The number of carbonyl (C=O) groups is 1. The molecule has 0 aliphatic heterocycles. The first kappa shape index (κ1) is 25.4. The van der Waals surface area contributed by atoms with Crippen LogP contribution in [0.25, 0.3) is 0 Å². The average molecular weight is 371 g/mol. The second kappa shape index (κ2) is 9.54. The molecule has 0 aromatic carbocycles. The molecule has 0 aromatic rings. The van der Waals surface area contributed by atoms with Crippen LogP contribution >= 0.6 is 0 Å². The van der Waals surface area contributed by atoms with Crippen LogP contribution in [0.3, 0.4) is 0 Å². The number of ether oxygens (including phenoxy) is 1. The van der Waals surface area contributed by atoms with Gasteiger partial charge in [-0.3, -0.25) is 4.79 Å². The van der Waals surface area contributed by atoms with Crippen LogP contribution in [0.15, 0.2) is 0 Å². The first-order valence-electron chi connectivity index (χ1n) is 10.1. The van der Waals surface area contributed by atoms with E-state index in [1.54, 1.807) is 0 Å². The number of nitrogens with one attached hydrogen (secondary N) is 1. The summed E-state index contributed by atoms with van der Waals surface area (Å²) in [5.74, 6) is 0.132. The van der Waals surface area contributed by atoms with Crippen molar-refractivity contribution in [3.63, 3.8) is 0 Å². The van der Waals surface area contributed by atoms with E-state index in [-0.39, 0.29) is 33.7 Å². The lowest BCUT2D eigenvalue weighted by Gasteiger charge is -2.36. The Balaban J connectivity index is 4.55. The molecule has 0 aliphatic carbocycles. The van der Waals surface area contributed by atoms with Crippen molar-refractivity contribution < 1.29 is 9.53 Å². The van der Waals surface area contributed by atoms with E-state index in [0.29, 0.717) is 19.5 Å². The minimum atomic E-state index is -0.0541. The van der Waals surface area contributed by atoms with Gasteiger partial charge in [-0.25, -0.2) is 0 Å². The molecule has 0 aromatic heterocycles. The van der Waals surface area contributed by atoms with Crippen LogP contribution in [0.1, 0.15) is 88.5 Å². The molecule has 0 atom stereocenters. The summed E-state index contributed by atoms with van der Waals surface area (Å²) in [5, 5.41) is 3.16. The molecular weight excluding hydrogens is 324 g/mol. The summed E-state index contributed by atoms with van der Waals surface area (Å²) in [5.41, 5.74) is 5.97. The number of nitrogens with two attached hydrogens (primary N) is 1. The molecule has 0 unspecified atom stereocenters. The Hall–Kier alpha value is -0.610. The van der Waals surface area contributed by atoms with Gasteiger partial charge in [-0.1, -0.05) is 55.4 Å². The van der Waals surface area contributed by atoms with E-state index in [9.17, 15) is 4.79 Å². The Kier molecular flexibility index (Phi) is 9.32. The summed E-state index contributed by atoms with van der Waals surface area (Å²) in [4.78, 5) is 12.5. The molecule has 0 bridgehead atoms. The lowest BCUT2D eigenvalue weighted by molar-refractivity contribution is -0.124. The standard InChI is InChI=1S/C22H46N2O2/c1-17(2)26-16-22(9,10)13-21(7,8)15-24-18(25)11-19(3,4)12-20(5,6)14-23/h17H,11-16,23H2,1-10H3,(H,24,25). The fraction of sp³-hybridized carbons (Fsp3) is 0.955. The lowest BCUT2D eigenvalue weighted by Crippen LogP contribution is -2.40. The topological polar surface area (TPSA) is 64.3 Å². The van der Waals surface area contributed by atoms with Gasteiger partial charge in [0.2, 0.25) is 5.91 Å². The molecule has 156 valence electrons. The highest BCUT2D eigenvalue weighted by molar-refractivity contribution is 5.76. The molecule has 0 aliphatic rings. The SMILES string of the molecule is CC(C)OCC(C)(C)CC(C)(C)CNC(=O)CC(C)(C)CC(C)(C)CN. The molecule has 0 saturated carbocycles. The molecule has 4 heteroatoms. The number of hydrogen-bond donors (Lipinski definition) is 2. The molecule has 0 radical (unpaired) electrons. The van der Waals surface area contributed by atoms with Gasteiger partial charge >= 0.3 is 0 Å². The van der Waals surface area contributed by atoms with Crippen LogP contribution in [0.5, 0.6) is 0 Å². The molecule has 0 heterocycles. The van der Waals surface area contributed by atoms with E-state index in [0.717, 1.165) is 19.4 Å². The summed E-state index contributed by atoms with van der Waals surface area (Å²) < 4.78 is 5.80. The number of carbonyl (C=O) groups excluding carboxylic acids is 1. The van der Waals surface area contributed by atoms with E-state index in [4.69, 9.17) is 10.5 Å². The van der Waals surface area contributed by atoms with Crippen molar-refractivity contribution in [3.8, 4) is 0 Å².